The van der Waals surface area contributed by atoms with Gasteiger partial charge in [-0.1, -0.05) is 55.8 Å². The van der Waals surface area contributed by atoms with Crippen molar-refractivity contribution in [3.8, 4) is 11.5 Å². The minimum Gasteiger partial charge on any atom is -0.508 e. The van der Waals surface area contributed by atoms with Crippen LogP contribution in [0.3, 0.4) is 0 Å². The lowest BCUT2D eigenvalue weighted by molar-refractivity contribution is -0.131. The van der Waals surface area contributed by atoms with Crippen LogP contribution in [0.25, 0.3) is 17.2 Å². The predicted molar refractivity (Wildman–Crippen MR) is 125 cm³/mol. The molecule has 158 valence electrons. The molecule has 0 bridgehead atoms. The van der Waals surface area contributed by atoms with E-state index < -0.39 is 5.97 Å². The van der Waals surface area contributed by atoms with Gasteiger partial charge < -0.3 is 15.3 Å². The van der Waals surface area contributed by atoms with E-state index in [4.69, 9.17) is 5.11 Å². The molecule has 0 atom stereocenters. The highest BCUT2D eigenvalue weighted by molar-refractivity contribution is 5.99. The van der Waals surface area contributed by atoms with Gasteiger partial charge >= 0.3 is 5.97 Å². The van der Waals surface area contributed by atoms with Gasteiger partial charge in [-0.2, -0.15) is 0 Å². The van der Waals surface area contributed by atoms with Crippen molar-refractivity contribution in [2.24, 2.45) is 0 Å². The zero-order valence-electron chi connectivity index (χ0n) is 17.5. The molecule has 0 saturated carbocycles. The fourth-order valence-corrected chi connectivity index (χ4v) is 3.54. The number of carbonyl (C=O) groups is 1. The number of rotatable bonds is 8. The normalized spacial score (nSPS) is 10.9. The van der Waals surface area contributed by atoms with Crippen molar-refractivity contribution in [2.75, 3.05) is 0 Å². The molecule has 0 heterocycles. The molecule has 0 amide bonds. The lowest BCUT2D eigenvalue weighted by atomic mass is 9.86. The first kappa shape index (κ1) is 21.9. The Balaban J connectivity index is 2.24. The number of allylic oxidation sites excluding steroid dienone is 1. The van der Waals surface area contributed by atoms with E-state index in [0.717, 1.165) is 58.7 Å². The molecular formula is C27H26O4. The van der Waals surface area contributed by atoms with E-state index >= 15 is 0 Å². The maximum atomic E-state index is 10.9. The van der Waals surface area contributed by atoms with Crippen molar-refractivity contribution in [2.45, 2.75) is 26.2 Å². The SMILES string of the molecule is CCCCC(=C(c1ccc(O)cc1)c1ccc(O)cc1)c1cccc(C=CC(=O)O)c1. The van der Waals surface area contributed by atoms with Gasteiger partial charge in [0.25, 0.3) is 0 Å². The molecule has 3 aromatic carbocycles. The van der Waals surface area contributed by atoms with Crippen LogP contribution in [0.1, 0.15) is 48.4 Å². The van der Waals surface area contributed by atoms with E-state index in [0.29, 0.717) is 0 Å². The predicted octanol–water partition coefficient (Wildman–Crippen LogP) is 6.34. The fourth-order valence-electron chi connectivity index (χ4n) is 3.54. The molecule has 0 aromatic heterocycles. The lowest BCUT2D eigenvalue weighted by Crippen LogP contribution is -1.96. The first-order valence-electron chi connectivity index (χ1n) is 10.3. The average Bonchev–Trinajstić information content (AvgIpc) is 2.77. The second kappa shape index (κ2) is 10.3. The highest BCUT2D eigenvalue weighted by Crippen LogP contribution is 2.36. The minimum absolute atomic E-state index is 0.199. The molecular weight excluding hydrogens is 388 g/mol. The van der Waals surface area contributed by atoms with Crippen LogP contribution in [0.15, 0.2) is 78.9 Å². The molecule has 3 N–H and O–H groups in total. The summed E-state index contributed by atoms with van der Waals surface area (Å²) in [5.41, 5.74) is 5.89. The van der Waals surface area contributed by atoms with Crippen LogP contribution in [0.2, 0.25) is 0 Å². The Morgan fingerprint density at radius 3 is 1.94 bits per heavy atom. The largest absolute Gasteiger partial charge is 0.508 e. The van der Waals surface area contributed by atoms with E-state index in [1.165, 1.54) is 0 Å². The summed E-state index contributed by atoms with van der Waals surface area (Å²) in [4.78, 5) is 10.9. The van der Waals surface area contributed by atoms with Gasteiger partial charge in [-0.15, -0.1) is 0 Å². The Hall–Kier alpha value is -3.79. The van der Waals surface area contributed by atoms with Crippen LogP contribution in [0.4, 0.5) is 0 Å². The maximum absolute atomic E-state index is 10.9. The van der Waals surface area contributed by atoms with E-state index in [1.807, 2.05) is 48.5 Å². The van der Waals surface area contributed by atoms with Crippen molar-refractivity contribution < 1.29 is 20.1 Å². The Labute approximate surface area is 182 Å². The first-order chi connectivity index (χ1) is 15.0. The maximum Gasteiger partial charge on any atom is 0.328 e. The summed E-state index contributed by atoms with van der Waals surface area (Å²) in [6.07, 6.45) is 5.57. The number of aliphatic carboxylic acids is 1. The van der Waals surface area contributed by atoms with E-state index in [1.54, 1.807) is 30.3 Å². The minimum atomic E-state index is -0.985. The first-order valence-corrected chi connectivity index (χ1v) is 10.3. The lowest BCUT2D eigenvalue weighted by Gasteiger charge is -2.18. The molecule has 0 aliphatic rings. The molecule has 0 fully saturated rings. The summed E-state index contributed by atoms with van der Waals surface area (Å²) in [7, 11) is 0. The number of hydrogen-bond donors (Lipinski definition) is 3. The van der Waals surface area contributed by atoms with Crippen molar-refractivity contribution in [1.29, 1.82) is 0 Å². The number of carboxylic acids is 1. The third kappa shape index (κ3) is 5.86. The Morgan fingerprint density at radius 1 is 0.839 bits per heavy atom. The van der Waals surface area contributed by atoms with Gasteiger partial charge in [0.15, 0.2) is 0 Å². The number of carboxylic acid groups (broad SMARTS) is 1. The molecule has 0 saturated heterocycles. The van der Waals surface area contributed by atoms with Gasteiger partial charge in [0.1, 0.15) is 11.5 Å². The second-order valence-corrected chi connectivity index (χ2v) is 7.35. The van der Waals surface area contributed by atoms with Crippen molar-refractivity contribution in [1.82, 2.24) is 0 Å². The van der Waals surface area contributed by atoms with Gasteiger partial charge in [-0.05, 0) is 82.6 Å². The molecule has 3 aromatic rings. The van der Waals surface area contributed by atoms with Crippen molar-refractivity contribution in [3.63, 3.8) is 0 Å². The third-order valence-corrected chi connectivity index (χ3v) is 5.05. The molecule has 0 unspecified atom stereocenters. The standard InChI is InChI=1S/C27H26O4/c1-2-3-7-25(22-6-4-5-19(18-22)8-17-26(30)31)27(20-9-13-23(28)14-10-20)21-11-15-24(29)16-12-21/h4-6,8-18,28-29H,2-3,7H2,1H3,(H,30,31). The van der Waals surface area contributed by atoms with Crippen LogP contribution in [0, 0.1) is 0 Å². The average molecular weight is 415 g/mol. The van der Waals surface area contributed by atoms with Crippen LogP contribution >= 0.6 is 0 Å². The summed E-state index contributed by atoms with van der Waals surface area (Å²) in [6, 6.07) is 22.0. The Morgan fingerprint density at radius 2 is 1.42 bits per heavy atom. The van der Waals surface area contributed by atoms with Crippen LogP contribution in [0.5, 0.6) is 11.5 Å². The molecule has 0 aliphatic heterocycles. The summed E-state index contributed by atoms with van der Waals surface area (Å²) in [6.45, 7) is 2.14. The molecule has 3 rings (SSSR count). The second-order valence-electron chi connectivity index (χ2n) is 7.35. The number of benzene rings is 3. The van der Waals surface area contributed by atoms with E-state index in [2.05, 4.69) is 6.92 Å². The van der Waals surface area contributed by atoms with Gasteiger partial charge in [-0.3, -0.25) is 0 Å². The summed E-state index contributed by atoms with van der Waals surface area (Å²) in [5, 5.41) is 28.5. The number of hydrogen-bond acceptors (Lipinski definition) is 3. The van der Waals surface area contributed by atoms with E-state index in [-0.39, 0.29) is 11.5 Å². The molecule has 0 spiro atoms. The molecule has 4 heteroatoms. The van der Waals surface area contributed by atoms with Gasteiger partial charge in [0.05, 0.1) is 0 Å². The highest BCUT2D eigenvalue weighted by Gasteiger charge is 2.15. The Kier molecular flexibility index (Phi) is 7.28. The number of unbranched alkanes of at least 4 members (excludes halogenated alkanes) is 1. The monoisotopic (exact) mass is 414 g/mol. The summed E-state index contributed by atoms with van der Waals surface area (Å²) < 4.78 is 0. The third-order valence-electron chi connectivity index (χ3n) is 5.05. The molecule has 0 aliphatic carbocycles. The number of phenolic OH excluding ortho intramolecular Hbond substituents is 2. The zero-order chi connectivity index (χ0) is 22.2. The number of phenols is 2. The highest BCUT2D eigenvalue weighted by atomic mass is 16.4. The number of aromatic hydroxyl groups is 2. The summed E-state index contributed by atoms with van der Waals surface area (Å²) >= 11 is 0. The van der Waals surface area contributed by atoms with Gasteiger partial charge in [0.2, 0.25) is 0 Å². The van der Waals surface area contributed by atoms with E-state index in [9.17, 15) is 15.0 Å². The quantitative estimate of drug-likeness (QED) is 0.297. The Bertz CT molecular complexity index is 1040. The smallest absolute Gasteiger partial charge is 0.328 e. The van der Waals surface area contributed by atoms with Crippen LogP contribution < -0.4 is 0 Å². The van der Waals surface area contributed by atoms with Gasteiger partial charge in [-0.25, -0.2) is 4.79 Å². The van der Waals surface area contributed by atoms with Crippen LogP contribution in [-0.4, -0.2) is 21.3 Å². The fraction of sp³-hybridized carbons (Fsp3) is 0.148. The van der Waals surface area contributed by atoms with Gasteiger partial charge in [0, 0.05) is 6.08 Å². The molecule has 31 heavy (non-hydrogen) atoms. The molecule has 0 radical (unpaired) electrons. The van der Waals surface area contributed by atoms with Crippen molar-refractivity contribution >= 4 is 23.2 Å². The van der Waals surface area contributed by atoms with Crippen LogP contribution in [-0.2, 0) is 4.79 Å². The zero-order valence-corrected chi connectivity index (χ0v) is 17.5. The molecule has 4 nitrogen and oxygen atoms in total. The summed E-state index contributed by atoms with van der Waals surface area (Å²) in [5.74, 6) is -0.588. The van der Waals surface area contributed by atoms with Crippen molar-refractivity contribution in [3.05, 3.63) is 101 Å². The topological polar surface area (TPSA) is 77.8 Å².